The molecule has 2 aromatic rings. The van der Waals surface area contributed by atoms with Crippen molar-refractivity contribution in [1.82, 2.24) is 0 Å². The van der Waals surface area contributed by atoms with Gasteiger partial charge >= 0.3 is 0 Å². The Bertz CT molecular complexity index is 714. The summed E-state index contributed by atoms with van der Waals surface area (Å²) in [5.41, 5.74) is 4.55. The standard InChI is InChI=1S/C24H28O/c1-18(2)20-13-15-23(16-14-20)24(25)17-10-19-8-11-22(12-9-19)21-6-4-3-5-7-21/h8-18,21H,3-7H2,1-2H3. The van der Waals surface area contributed by atoms with Crippen LogP contribution in [0.3, 0.4) is 0 Å². The largest absolute Gasteiger partial charge is 0.289 e. The van der Waals surface area contributed by atoms with Crippen LogP contribution in [0.2, 0.25) is 0 Å². The second-order valence-corrected chi connectivity index (χ2v) is 7.48. The summed E-state index contributed by atoms with van der Waals surface area (Å²) in [6, 6.07) is 16.7. The van der Waals surface area contributed by atoms with Crippen molar-refractivity contribution in [3.63, 3.8) is 0 Å². The highest BCUT2D eigenvalue weighted by Gasteiger charge is 2.14. The van der Waals surface area contributed by atoms with E-state index in [9.17, 15) is 4.79 Å². The van der Waals surface area contributed by atoms with Crippen molar-refractivity contribution in [3.8, 4) is 0 Å². The molecule has 25 heavy (non-hydrogen) atoms. The molecule has 1 fully saturated rings. The van der Waals surface area contributed by atoms with Gasteiger partial charge in [0.1, 0.15) is 0 Å². The predicted octanol–water partition coefficient (Wildman–Crippen LogP) is 6.75. The molecule has 0 unspecified atom stereocenters. The summed E-state index contributed by atoms with van der Waals surface area (Å²) >= 11 is 0. The number of carbonyl (C=O) groups is 1. The van der Waals surface area contributed by atoms with Crippen LogP contribution < -0.4 is 0 Å². The van der Waals surface area contributed by atoms with Crippen LogP contribution in [0, 0.1) is 0 Å². The van der Waals surface area contributed by atoms with Crippen molar-refractivity contribution in [2.45, 2.75) is 57.8 Å². The Morgan fingerprint density at radius 1 is 0.920 bits per heavy atom. The van der Waals surface area contributed by atoms with E-state index >= 15 is 0 Å². The van der Waals surface area contributed by atoms with Gasteiger partial charge in [0.2, 0.25) is 0 Å². The summed E-state index contributed by atoms with van der Waals surface area (Å²) < 4.78 is 0. The molecule has 1 saturated carbocycles. The smallest absolute Gasteiger partial charge is 0.185 e. The van der Waals surface area contributed by atoms with Gasteiger partial charge in [0.25, 0.3) is 0 Å². The van der Waals surface area contributed by atoms with E-state index in [2.05, 4.69) is 38.1 Å². The molecule has 0 spiro atoms. The first-order chi connectivity index (χ1) is 12.1. The summed E-state index contributed by atoms with van der Waals surface area (Å²) in [7, 11) is 0. The lowest BCUT2D eigenvalue weighted by atomic mass is 9.84. The average molecular weight is 332 g/mol. The first-order valence-corrected chi connectivity index (χ1v) is 9.56. The molecule has 130 valence electrons. The molecule has 1 heteroatoms. The third-order valence-electron chi connectivity index (χ3n) is 5.30. The molecule has 0 radical (unpaired) electrons. The molecule has 0 aromatic heterocycles. The van der Waals surface area contributed by atoms with Crippen molar-refractivity contribution in [2.75, 3.05) is 0 Å². The summed E-state index contributed by atoms with van der Waals surface area (Å²) in [6.45, 7) is 4.32. The Morgan fingerprint density at radius 3 is 2.16 bits per heavy atom. The molecule has 1 aliphatic carbocycles. The number of benzene rings is 2. The maximum Gasteiger partial charge on any atom is 0.185 e. The van der Waals surface area contributed by atoms with Gasteiger partial charge in [-0.05, 0) is 47.4 Å². The van der Waals surface area contributed by atoms with Crippen molar-refractivity contribution < 1.29 is 4.79 Å². The minimum Gasteiger partial charge on any atom is -0.289 e. The van der Waals surface area contributed by atoms with Gasteiger partial charge in [-0.2, -0.15) is 0 Å². The van der Waals surface area contributed by atoms with Gasteiger partial charge in [-0.1, -0.05) is 87.7 Å². The van der Waals surface area contributed by atoms with Gasteiger partial charge in [-0.15, -0.1) is 0 Å². The number of hydrogen-bond acceptors (Lipinski definition) is 1. The predicted molar refractivity (Wildman–Crippen MR) is 106 cm³/mol. The van der Waals surface area contributed by atoms with Crippen LogP contribution in [0.1, 0.15) is 84.8 Å². The summed E-state index contributed by atoms with van der Waals surface area (Å²) in [5.74, 6) is 1.28. The van der Waals surface area contributed by atoms with E-state index in [1.807, 2.05) is 30.3 Å². The van der Waals surface area contributed by atoms with Crippen LogP contribution in [0.25, 0.3) is 6.08 Å². The summed E-state index contributed by atoms with van der Waals surface area (Å²) in [5, 5.41) is 0. The zero-order valence-corrected chi connectivity index (χ0v) is 15.4. The van der Waals surface area contributed by atoms with Crippen molar-refractivity contribution >= 4 is 11.9 Å². The zero-order chi connectivity index (χ0) is 17.6. The SMILES string of the molecule is CC(C)c1ccc(C(=O)C=Cc2ccc(C3CCCCC3)cc2)cc1. The number of rotatable bonds is 5. The Kier molecular flexibility index (Phi) is 5.86. The molecule has 2 aromatic carbocycles. The second-order valence-electron chi connectivity index (χ2n) is 7.48. The maximum absolute atomic E-state index is 12.3. The molecular formula is C24H28O. The van der Waals surface area contributed by atoms with Crippen LogP contribution in [0.4, 0.5) is 0 Å². The Morgan fingerprint density at radius 2 is 1.56 bits per heavy atom. The minimum atomic E-state index is 0.0617. The maximum atomic E-state index is 12.3. The molecule has 0 heterocycles. The van der Waals surface area contributed by atoms with E-state index in [-0.39, 0.29) is 5.78 Å². The molecule has 0 atom stereocenters. The Hall–Kier alpha value is -2.15. The number of ketones is 1. The molecule has 1 aliphatic rings. The lowest BCUT2D eigenvalue weighted by Crippen LogP contribution is -2.04. The van der Waals surface area contributed by atoms with Gasteiger partial charge in [0.05, 0.1) is 0 Å². The number of allylic oxidation sites excluding steroid dienone is 1. The van der Waals surface area contributed by atoms with Crippen molar-refractivity contribution in [2.24, 2.45) is 0 Å². The first-order valence-electron chi connectivity index (χ1n) is 9.56. The van der Waals surface area contributed by atoms with E-state index in [0.29, 0.717) is 5.92 Å². The Balaban J connectivity index is 1.63. The normalized spacial score (nSPS) is 15.8. The van der Waals surface area contributed by atoms with Crippen LogP contribution in [0.15, 0.2) is 54.6 Å². The molecule has 3 rings (SSSR count). The number of hydrogen-bond donors (Lipinski definition) is 0. The third-order valence-corrected chi connectivity index (χ3v) is 5.30. The van der Waals surface area contributed by atoms with Crippen molar-refractivity contribution in [1.29, 1.82) is 0 Å². The fourth-order valence-electron chi connectivity index (χ4n) is 3.62. The van der Waals surface area contributed by atoms with E-state index < -0.39 is 0 Å². The van der Waals surface area contributed by atoms with Gasteiger partial charge in [0.15, 0.2) is 5.78 Å². The van der Waals surface area contributed by atoms with Crippen LogP contribution in [-0.4, -0.2) is 5.78 Å². The van der Waals surface area contributed by atoms with Gasteiger partial charge in [-0.3, -0.25) is 4.79 Å². The fourth-order valence-corrected chi connectivity index (χ4v) is 3.62. The van der Waals surface area contributed by atoms with E-state index in [4.69, 9.17) is 0 Å². The van der Waals surface area contributed by atoms with Crippen LogP contribution >= 0.6 is 0 Å². The third kappa shape index (κ3) is 4.69. The highest BCUT2D eigenvalue weighted by Crippen LogP contribution is 2.32. The molecule has 1 nitrogen and oxygen atoms in total. The second kappa shape index (κ2) is 8.29. The topological polar surface area (TPSA) is 17.1 Å². The van der Waals surface area contributed by atoms with E-state index in [1.54, 1.807) is 6.08 Å². The Labute approximate surface area is 151 Å². The summed E-state index contributed by atoms with van der Waals surface area (Å²) in [4.78, 5) is 12.3. The van der Waals surface area contributed by atoms with Gasteiger partial charge in [-0.25, -0.2) is 0 Å². The zero-order valence-electron chi connectivity index (χ0n) is 15.4. The highest BCUT2D eigenvalue weighted by molar-refractivity contribution is 6.06. The van der Waals surface area contributed by atoms with Crippen molar-refractivity contribution in [3.05, 3.63) is 76.9 Å². The molecule has 0 amide bonds. The molecule has 0 saturated heterocycles. The first kappa shape index (κ1) is 17.7. The summed E-state index contributed by atoms with van der Waals surface area (Å²) in [6.07, 6.45) is 10.3. The number of carbonyl (C=O) groups excluding carboxylic acids is 1. The molecule has 0 bridgehead atoms. The lowest BCUT2D eigenvalue weighted by molar-refractivity contribution is 0.104. The lowest BCUT2D eigenvalue weighted by Gasteiger charge is -2.21. The molecule has 0 aliphatic heterocycles. The minimum absolute atomic E-state index is 0.0617. The average Bonchev–Trinajstić information content (AvgIpc) is 2.67. The monoisotopic (exact) mass is 332 g/mol. The highest BCUT2D eigenvalue weighted by atomic mass is 16.1. The molecular weight excluding hydrogens is 304 g/mol. The van der Waals surface area contributed by atoms with E-state index in [0.717, 1.165) is 17.0 Å². The van der Waals surface area contributed by atoms with Crippen LogP contribution in [-0.2, 0) is 0 Å². The van der Waals surface area contributed by atoms with Gasteiger partial charge in [0, 0.05) is 5.56 Å². The fraction of sp³-hybridized carbons (Fsp3) is 0.375. The van der Waals surface area contributed by atoms with Crippen LogP contribution in [0.5, 0.6) is 0 Å². The van der Waals surface area contributed by atoms with Gasteiger partial charge < -0.3 is 0 Å². The quantitative estimate of drug-likeness (QED) is 0.437. The molecule has 0 N–H and O–H groups in total. The van der Waals surface area contributed by atoms with E-state index in [1.165, 1.54) is 43.2 Å².